The Morgan fingerprint density at radius 1 is 1.30 bits per heavy atom. The molecule has 1 saturated carbocycles. The summed E-state index contributed by atoms with van der Waals surface area (Å²) in [7, 11) is 0. The quantitative estimate of drug-likeness (QED) is 0.814. The van der Waals surface area contributed by atoms with Crippen LogP contribution in [-0.4, -0.2) is 47.8 Å². The summed E-state index contributed by atoms with van der Waals surface area (Å²) in [4.78, 5) is 13.9. The van der Waals surface area contributed by atoms with Gasteiger partial charge in [-0.25, -0.2) is 0 Å². The van der Waals surface area contributed by atoms with Crippen LogP contribution < -0.4 is 0 Å². The lowest BCUT2D eigenvalue weighted by Gasteiger charge is -2.41. The average Bonchev–Trinajstić information content (AvgIpc) is 2.94. The molecule has 2 rings (SSSR count). The molecule has 116 valence electrons. The van der Waals surface area contributed by atoms with Crippen molar-refractivity contribution in [1.82, 2.24) is 4.90 Å². The van der Waals surface area contributed by atoms with Crippen molar-refractivity contribution in [2.24, 2.45) is 11.8 Å². The second-order valence-corrected chi connectivity index (χ2v) is 6.38. The molecule has 4 heteroatoms. The van der Waals surface area contributed by atoms with Crippen molar-refractivity contribution < 1.29 is 14.6 Å². The van der Waals surface area contributed by atoms with Gasteiger partial charge in [-0.2, -0.15) is 0 Å². The second-order valence-electron chi connectivity index (χ2n) is 6.38. The average molecular weight is 283 g/mol. The number of carboxylic acid groups (broad SMARTS) is 1. The molecule has 2 aliphatic rings. The molecular weight excluding hydrogens is 254 g/mol. The van der Waals surface area contributed by atoms with Gasteiger partial charge >= 0.3 is 5.97 Å². The maximum absolute atomic E-state index is 11.4. The molecule has 1 saturated heterocycles. The maximum atomic E-state index is 11.4. The summed E-state index contributed by atoms with van der Waals surface area (Å²) in [5.41, 5.74) is 0. The summed E-state index contributed by atoms with van der Waals surface area (Å²) in [5, 5.41) is 9.39. The monoisotopic (exact) mass is 283 g/mol. The topological polar surface area (TPSA) is 49.8 Å². The highest BCUT2D eigenvalue weighted by Gasteiger charge is 2.41. The Bertz CT molecular complexity index is 321. The summed E-state index contributed by atoms with van der Waals surface area (Å²) in [5.74, 6) is -0.223. The third-order valence-electron chi connectivity index (χ3n) is 5.08. The lowest BCUT2D eigenvalue weighted by Crippen LogP contribution is -2.50. The molecule has 0 aromatic rings. The third kappa shape index (κ3) is 3.53. The third-order valence-corrected chi connectivity index (χ3v) is 5.08. The number of nitrogens with zero attached hydrogens (tertiary/aromatic N) is 1. The van der Waals surface area contributed by atoms with Crippen molar-refractivity contribution in [2.45, 2.75) is 64.5 Å². The maximum Gasteiger partial charge on any atom is 0.310 e. The van der Waals surface area contributed by atoms with E-state index >= 15 is 0 Å². The van der Waals surface area contributed by atoms with Gasteiger partial charge in [0.2, 0.25) is 0 Å². The van der Waals surface area contributed by atoms with Crippen LogP contribution in [-0.2, 0) is 9.53 Å². The van der Waals surface area contributed by atoms with Gasteiger partial charge in [0.05, 0.1) is 19.1 Å². The number of carbonyl (C=O) groups is 1. The van der Waals surface area contributed by atoms with Gasteiger partial charge in [-0.3, -0.25) is 9.69 Å². The van der Waals surface area contributed by atoms with Crippen LogP contribution in [0.2, 0.25) is 0 Å². The first-order valence-corrected chi connectivity index (χ1v) is 8.23. The van der Waals surface area contributed by atoms with Crippen molar-refractivity contribution in [3.8, 4) is 0 Å². The molecule has 1 heterocycles. The molecule has 20 heavy (non-hydrogen) atoms. The van der Waals surface area contributed by atoms with Gasteiger partial charge in [-0.05, 0) is 31.7 Å². The largest absolute Gasteiger partial charge is 0.481 e. The highest BCUT2D eigenvalue weighted by atomic mass is 16.5. The van der Waals surface area contributed by atoms with E-state index in [9.17, 15) is 9.90 Å². The Hall–Kier alpha value is -0.610. The molecule has 0 aromatic heterocycles. The van der Waals surface area contributed by atoms with Gasteiger partial charge in [0.15, 0.2) is 0 Å². The first kappa shape index (κ1) is 15.8. The van der Waals surface area contributed by atoms with Crippen molar-refractivity contribution in [3.05, 3.63) is 0 Å². The Labute approximate surface area is 122 Å². The van der Waals surface area contributed by atoms with E-state index in [1.54, 1.807) is 0 Å². The zero-order chi connectivity index (χ0) is 14.5. The van der Waals surface area contributed by atoms with E-state index in [4.69, 9.17) is 4.74 Å². The summed E-state index contributed by atoms with van der Waals surface area (Å²) in [6, 6.07) is 0.634. The summed E-state index contributed by atoms with van der Waals surface area (Å²) < 4.78 is 5.48. The summed E-state index contributed by atoms with van der Waals surface area (Å²) in [6.45, 7) is 6.42. The van der Waals surface area contributed by atoms with Crippen LogP contribution in [0.4, 0.5) is 0 Å². The van der Waals surface area contributed by atoms with Gasteiger partial charge in [0.25, 0.3) is 0 Å². The van der Waals surface area contributed by atoms with Crippen molar-refractivity contribution in [3.63, 3.8) is 0 Å². The molecule has 0 aromatic carbocycles. The first-order chi connectivity index (χ1) is 9.67. The number of aliphatic carboxylic acids is 1. The van der Waals surface area contributed by atoms with Crippen LogP contribution in [0.1, 0.15) is 52.4 Å². The fourth-order valence-electron chi connectivity index (χ4n) is 3.92. The predicted octanol–water partition coefficient (Wildman–Crippen LogP) is 2.77. The smallest absolute Gasteiger partial charge is 0.310 e. The molecule has 1 aliphatic carbocycles. The Kier molecular flexibility index (Phi) is 5.85. The lowest BCUT2D eigenvalue weighted by molar-refractivity contribution is -0.143. The summed E-state index contributed by atoms with van der Waals surface area (Å²) in [6.07, 6.45) is 7.42. The predicted molar refractivity (Wildman–Crippen MR) is 78.8 cm³/mol. The molecule has 1 aliphatic heterocycles. The minimum absolute atomic E-state index is 0.0769. The zero-order valence-corrected chi connectivity index (χ0v) is 12.9. The van der Waals surface area contributed by atoms with Gasteiger partial charge in [-0.1, -0.05) is 33.1 Å². The van der Waals surface area contributed by atoms with Crippen LogP contribution >= 0.6 is 0 Å². The fraction of sp³-hybridized carbons (Fsp3) is 0.938. The molecule has 0 amide bonds. The van der Waals surface area contributed by atoms with Gasteiger partial charge in [-0.15, -0.1) is 0 Å². The Morgan fingerprint density at radius 3 is 2.75 bits per heavy atom. The van der Waals surface area contributed by atoms with E-state index in [0.29, 0.717) is 19.3 Å². The molecule has 2 fully saturated rings. The van der Waals surface area contributed by atoms with Crippen molar-refractivity contribution in [2.75, 3.05) is 19.8 Å². The minimum Gasteiger partial charge on any atom is -0.481 e. The van der Waals surface area contributed by atoms with E-state index in [2.05, 4.69) is 18.7 Å². The van der Waals surface area contributed by atoms with Crippen LogP contribution in [0.5, 0.6) is 0 Å². The van der Waals surface area contributed by atoms with Crippen LogP contribution in [0.25, 0.3) is 0 Å². The molecule has 0 bridgehead atoms. The van der Waals surface area contributed by atoms with Crippen LogP contribution in [0.15, 0.2) is 0 Å². The zero-order valence-electron chi connectivity index (χ0n) is 12.9. The van der Waals surface area contributed by atoms with Crippen molar-refractivity contribution in [1.29, 1.82) is 0 Å². The molecule has 1 N–H and O–H groups in total. The molecule has 0 spiro atoms. The second kappa shape index (κ2) is 7.41. The standard InChI is InChI=1S/C16H29NO3/c1-3-8-17(13-7-5-6-12(4-2)9-13)15-11-20-10-14(15)16(18)19/h12-15H,3-11H2,1-2H3,(H,18,19). The first-order valence-electron chi connectivity index (χ1n) is 8.23. The number of hydrogen-bond donors (Lipinski definition) is 1. The number of rotatable bonds is 6. The lowest BCUT2D eigenvalue weighted by atomic mass is 9.82. The number of carboxylic acids is 1. The van der Waals surface area contributed by atoms with E-state index in [1.807, 2.05) is 0 Å². The fourth-order valence-corrected chi connectivity index (χ4v) is 3.92. The SMILES string of the molecule is CCCN(C1CCCC(CC)C1)C1COCC1C(=O)O. The molecular formula is C16H29NO3. The van der Waals surface area contributed by atoms with E-state index < -0.39 is 5.97 Å². The van der Waals surface area contributed by atoms with E-state index in [0.717, 1.165) is 18.9 Å². The normalized spacial score (nSPS) is 34.5. The van der Waals surface area contributed by atoms with Gasteiger partial charge in [0.1, 0.15) is 0 Å². The van der Waals surface area contributed by atoms with Crippen molar-refractivity contribution >= 4 is 5.97 Å². The minimum atomic E-state index is -0.698. The van der Waals surface area contributed by atoms with Crippen LogP contribution in [0.3, 0.4) is 0 Å². The Balaban J connectivity index is 2.07. The molecule has 4 nitrogen and oxygen atoms in total. The summed E-state index contributed by atoms with van der Waals surface area (Å²) >= 11 is 0. The van der Waals surface area contributed by atoms with Crippen LogP contribution in [0, 0.1) is 11.8 Å². The number of ether oxygens (including phenoxy) is 1. The highest BCUT2D eigenvalue weighted by molar-refractivity contribution is 5.71. The van der Waals surface area contributed by atoms with E-state index in [-0.39, 0.29) is 12.0 Å². The highest BCUT2D eigenvalue weighted by Crippen LogP contribution is 2.33. The number of hydrogen-bond acceptors (Lipinski definition) is 3. The van der Waals surface area contributed by atoms with E-state index in [1.165, 1.54) is 32.1 Å². The molecule has 4 unspecified atom stereocenters. The van der Waals surface area contributed by atoms with Gasteiger partial charge in [0, 0.05) is 12.1 Å². The Morgan fingerprint density at radius 2 is 2.10 bits per heavy atom. The molecule has 4 atom stereocenters. The molecule has 0 radical (unpaired) electrons. The van der Waals surface area contributed by atoms with Gasteiger partial charge < -0.3 is 9.84 Å².